The van der Waals surface area contributed by atoms with Crippen LogP contribution in [0.4, 0.5) is 10.1 Å². The number of hydrogen-bond acceptors (Lipinski definition) is 3. The maximum Gasteiger partial charge on any atom is 0.131 e. The van der Waals surface area contributed by atoms with Crippen LogP contribution in [-0.2, 0) is 6.42 Å². The molecule has 0 aliphatic rings. The highest BCUT2D eigenvalue weighted by molar-refractivity contribution is 5.54. The van der Waals surface area contributed by atoms with Gasteiger partial charge in [0.2, 0.25) is 0 Å². The third-order valence-electron chi connectivity index (χ3n) is 3.29. The minimum Gasteiger partial charge on any atom is -0.389 e. The molecular formula is C16H19FN2O. The number of aliphatic hydroxyl groups is 1. The van der Waals surface area contributed by atoms with Crippen molar-refractivity contribution < 1.29 is 9.50 Å². The van der Waals surface area contributed by atoms with Crippen molar-refractivity contribution in [2.45, 2.75) is 19.4 Å². The average Bonchev–Trinajstić information content (AvgIpc) is 2.45. The normalized spacial score (nSPS) is 12.2. The number of likely N-dealkylation sites (N-methyl/N-ethyl adjacent to an activating group) is 1. The molecule has 106 valence electrons. The summed E-state index contributed by atoms with van der Waals surface area (Å²) >= 11 is 0. The summed E-state index contributed by atoms with van der Waals surface area (Å²) in [6.07, 6.45) is 1.70. The highest BCUT2D eigenvalue weighted by Crippen LogP contribution is 2.28. The van der Waals surface area contributed by atoms with Crippen molar-refractivity contribution in [1.29, 1.82) is 0 Å². The van der Waals surface area contributed by atoms with Crippen LogP contribution in [0.3, 0.4) is 0 Å². The number of aliphatic hydroxyl groups excluding tert-OH is 1. The average molecular weight is 274 g/mol. The Labute approximate surface area is 118 Å². The maximum absolute atomic E-state index is 13.8. The van der Waals surface area contributed by atoms with Crippen LogP contribution >= 0.6 is 0 Å². The fourth-order valence-corrected chi connectivity index (χ4v) is 2.22. The van der Waals surface area contributed by atoms with Gasteiger partial charge in [0.25, 0.3) is 0 Å². The summed E-state index contributed by atoms with van der Waals surface area (Å²) in [5.41, 5.74) is 2.06. The number of aromatic nitrogens is 1. The van der Waals surface area contributed by atoms with E-state index in [2.05, 4.69) is 4.98 Å². The summed E-state index contributed by atoms with van der Waals surface area (Å²) in [5.74, 6) is -0.373. The molecule has 0 saturated heterocycles. The molecule has 4 heteroatoms. The Bertz CT molecular complexity index is 558. The Morgan fingerprint density at radius 1 is 1.25 bits per heavy atom. The summed E-state index contributed by atoms with van der Waals surface area (Å²) < 4.78 is 13.8. The minimum atomic E-state index is -0.830. The van der Waals surface area contributed by atoms with Crippen molar-refractivity contribution in [3.05, 3.63) is 59.7 Å². The van der Waals surface area contributed by atoms with Crippen LogP contribution < -0.4 is 4.90 Å². The van der Waals surface area contributed by atoms with E-state index in [4.69, 9.17) is 0 Å². The molecule has 0 aliphatic heterocycles. The molecule has 0 radical (unpaired) electrons. The van der Waals surface area contributed by atoms with Gasteiger partial charge < -0.3 is 10.0 Å². The second-order valence-corrected chi connectivity index (χ2v) is 4.84. The number of nitrogens with zero attached hydrogens (tertiary/aromatic N) is 2. The van der Waals surface area contributed by atoms with Gasteiger partial charge in [0, 0.05) is 43.2 Å². The number of halogens is 1. The Morgan fingerprint density at radius 2 is 2.05 bits per heavy atom. The van der Waals surface area contributed by atoms with Crippen LogP contribution in [0.15, 0.2) is 42.6 Å². The number of benzene rings is 1. The van der Waals surface area contributed by atoms with Gasteiger partial charge in [0.15, 0.2) is 0 Å². The van der Waals surface area contributed by atoms with E-state index in [9.17, 15) is 9.50 Å². The van der Waals surface area contributed by atoms with Crippen LogP contribution in [-0.4, -0.2) is 23.7 Å². The minimum absolute atomic E-state index is 0.344. The number of anilines is 1. The van der Waals surface area contributed by atoms with Crippen LogP contribution in [0.25, 0.3) is 0 Å². The molecule has 0 fully saturated rings. The van der Waals surface area contributed by atoms with E-state index >= 15 is 0 Å². The zero-order chi connectivity index (χ0) is 14.5. The second kappa shape index (κ2) is 6.48. The predicted octanol–water partition coefficient (Wildman–Crippen LogP) is 2.95. The first-order valence-electron chi connectivity index (χ1n) is 6.67. The van der Waals surface area contributed by atoms with Crippen LogP contribution in [0.5, 0.6) is 0 Å². The second-order valence-electron chi connectivity index (χ2n) is 4.84. The molecule has 0 saturated carbocycles. The molecule has 1 heterocycles. The largest absolute Gasteiger partial charge is 0.389 e. The maximum atomic E-state index is 13.8. The molecule has 1 aromatic carbocycles. The molecule has 1 aromatic heterocycles. The van der Waals surface area contributed by atoms with Crippen molar-refractivity contribution in [3.8, 4) is 0 Å². The Morgan fingerprint density at radius 3 is 2.70 bits per heavy atom. The molecule has 1 N–H and O–H groups in total. The van der Waals surface area contributed by atoms with E-state index in [1.165, 1.54) is 6.07 Å². The van der Waals surface area contributed by atoms with Gasteiger partial charge in [-0.2, -0.15) is 0 Å². The van der Waals surface area contributed by atoms with Crippen LogP contribution in [0.1, 0.15) is 24.3 Å². The summed E-state index contributed by atoms with van der Waals surface area (Å²) in [4.78, 5) is 6.21. The third kappa shape index (κ3) is 3.33. The molecule has 2 aromatic rings. The fraction of sp³-hybridized carbons (Fsp3) is 0.312. The van der Waals surface area contributed by atoms with E-state index in [1.54, 1.807) is 19.2 Å². The highest BCUT2D eigenvalue weighted by atomic mass is 19.1. The van der Waals surface area contributed by atoms with E-state index in [-0.39, 0.29) is 5.82 Å². The van der Waals surface area contributed by atoms with Gasteiger partial charge in [-0.25, -0.2) is 4.39 Å². The summed E-state index contributed by atoms with van der Waals surface area (Å²) in [5, 5.41) is 9.74. The molecule has 0 amide bonds. The third-order valence-corrected chi connectivity index (χ3v) is 3.29. The summed E-state index contributed by atoms with van der Waals surface area (Å²) in [7, 11) is 1.89. The van der Waals surface area contributed by atoms with E-state index in [0.717, 1.165) is 17.8 Å². The predicted molar refractivity (Wildman–Crippen MR) is 78.2 cm³/mol. The van der Waals surface area contributed by atoms with E-state index < -0.39 is 6.10 Å². The number of pyridine rings is 1. The van der Waals surface area contributed by atoms with Gasteiger partial charge in [-0.3, -0.25) is 4.98 Å². The lowest BCUT2D eigenvalue weighted by atomic mass is 10.1. The van der Waals surface area contributed by atoms with Gasteiger partial charge in [-0.1, -0.05) is 12.1 Å². The molecule has 0 spiro atoms. The molecular weight excluding hydrogens is 255 g/mol. The summed E-state index contributed by atoms with van der Waals surface area (Å²) in [6, 6.07) is 10.7. The smallest absolute Gasteiger partial charge is 0.131 e. The van der Waals surface area contributed by atoms with Gasteiger partial charge in [0.1, 0.15) is 5.82 Å². The van der Waals surface area contributed by atoms with Crippen LogP contribution in [0.2, 0.25) is 0 Å². The van der Waals surface area contributed by atoms with Gasteiger partial charge >= 0.3 is 0 Å². The topological polar surface area (TPSA) is 36.4 Å². The van der Waals surface area contributed by atoms with Crippen molar-refractivity contribution >= 4 is 5.69 Å². The monoisotopic (exact) mass is 274 g/mol. The number of rotatable bonds is 5. The van der Waals surface area contributed by atoms with Crippen molar-refractivity contribution in [3.63, 3.8) is 0 Å². The zero-order valence-electron chi connectivity index (χ0n) is 11.8. The van der Waals surface area contributed by atoms with E-state index in [1.807, 2.05) is 36.2 Å². The molecule has 1 atom stereocenters. The first-order valence-corrected chi connectivity index (χ1v) is 6.67. The molecule has 0 aliphatic carbocycles. The lowest BCUT2D eigenvalue weighted by Crippen LogP contribution is -2.23. The molecule has 2 rings (SSSR count). The van der Waals surface area contributed by atoms with Crippen molar-refractivity contribution in [1.82, 2.24) is 4.98 Å². The standard InChI is InChI=1S/C16H19FN2O/c1-12(20)16-14(17)7-5-8-15(16)19(2)11-9-13-6-3-4-10-18-13/h3-8,10,12,20H,9,11H2,1-2H3/t12-/m1/s1. The summed E-state index contributed by atoms with van der Waals surface area (Å²) in [6.45, 7) is 2.29. The van der Waals surface area contributed by atoms with Crippen molar-refractivity contribution in [2.75, 3.05) is 18.5 Å². The van der Waals surface area contributed by atoms with Crippen LogP contribution in [0, 0.1) is 5.82 Å². The lowest BCUT2D eigenvalue weighted by Gasteiger charge is -2.23. The van der Waals surface area contributed by atoms with Gasteiger partial charge in [-0.15, -0.1) is 0 Å². The Kier molecular flexibility index (Phi) is 4.69. The SMILES string of the molecule is C[C@@H](O)c1c(F)cccc1N(C)CCc1ccccn1. The Balaban J connectivity index is 2.13. The van der Waals surface area contributed by atoms with E-state index in [0.29, 0.717) is 12.1 Å². The highest BCUT2D eigenvalue weighted by Gasteiger charge is 2.16. The first kappa shape index (κ1) is 14.5. The van der Waals surface area contributed by atoms with Crippen molar-refractivity contribution in [2.24, 2.45) is 0 Å². The Hall–Kier alpha value is -1.94. The first-order chi connectivity index (χ1) is 9.59. The molecule has 20 heavy (non-hydrogen) atoms. The lowest BCUT2D eigenvalue weighted by molar-refractivity contribution is 0.194. The fourth-order valence-electron chi connectivity index (χ4n) is 2.22. The zero-order valence-corrected chi connectivity index (χ0v) is 11.8. The number of hydrogen-bond donors (Lipinski definition) is 1. The van der Waals surface area contributed by atoms with Gasteiger partial charge in [-0.05, 0) is 31.2 Å². The molecule has 0 unspecified atom stereocenters. The molecule has 0 bridgehead atoms. The molecule has 3 nitrogen and oxygen atoms in total. The van der Waals surface area contributed by atoms with Gasteiger partial charge in [0.05, 0.1) is 6.10 Å². The quantitative estimate of drug-likeness (QED) is 0.910.